The molecule has 0 fully saturated rings. The van der Waals surface area contributed by atoms with Crippen molar-refractivity contribution in [1.82, 2.24) is 5.32 Å². The van der Waals surface area contributed by atoms with E-state index in [1.54, 1.807) is 6.08 Å². The second kappa shape index (κ2) is 36.2. The van der Waals surface area contributed by atoms with Crippen LogP contribution >= 0.6 is 0 Å². The van der Waals surface area contributed by atoms with Crippen molar-refractivity contribution in [2.45, 2.75) is 231 Å². The van der Waals surface area contributed by atoms with Crippen molar-refractivity contribution >= 4 is 16.0 Å². The molecule has 0 aliphatic rings. The molecule has 1 amide bonds. The number of rotatable bonds is 38. The molecule has 7 nitrogen and oxygen atoms in total. The predicted molar refractivity (Wildman–Crippen MR) is 213 cm³/mol. The van der Waals surface area contributed by atoms with Crippen LogP contribution in [-0.4, -0.2) is 53.1 Å². The average molecular weight is 728 g/mol. The highest BCUT2D eigenvalue weighted by Crippen LogP contribution is 2.15. The largest absolute Gasteiger partial charge is 0.387 e. The predicted octanol–water partition coefficient (Wildman–Crippen LogP) is 11.3. The number of aliphatic hydroxyl groups is 2. The van der Waals surface area contributed by atoms with Gasteiger partial charge in [0.2, 0.25) is 5.91 Å². The van der Waals surface area contributed by atoms with E-state index >= 15 is 0 Å². The van der Waals surface area contributed by atoms with Crippen LogP contribution in [0.2, 0.25) is 0 Å². The number of carbonyl (C=O) groups is 1. The highest BCUT2D eigenvalue weighted by Gasteiger charge is 2.27. The summed E-state index contributed by atoms with van der Waals surface area (Å²) < 4.78 is 32.4. The Morgan fingerprint density at radius 1 is 0.540 bits per heavy atom. The number of carbonyl (C=O) groups excluding carboxylic acids is 1. The van der Waals surface area contributed by atoms with E-state index in [0.29, 0.717) is 6.42 Å². The van der Waals surface area contributed by atoms with E-state index in [2.05, 4.69) is 31.3 Å². The lowest BCUT2D eigenvalue weighted by molar-refractivity contribution is -0.130. The van der Waals surface area contributed by atoms with Gasteiger partial charge in [-0.1, -0.05) is 192 Å². The first-order valence-electron chi connectivity index (χ1n) is 21.1. The van der Waals surface area contributed by atoms with Crippen LogP contribution in [0.1, 0.15) is 213 Å². The monoisotopic (exact) mass is 728 g/mol. The van der Waals surface area contributed by atoms with Crippen molar-refractivity contribution in [3.05, 3.63) is 24.3 Å². The molecule has 0 aromatic heterocycles. The number of nitrogens with one attached hydrogen (secondary N) is 1. The van der Waals surface area contributed by atoms with Crippen LogP contribution < -0.4 is 5.32 Å². The van der Waals surface area contributed by atoms with E-state index in [1.807, 2.05) is 0 Å². The van der Waals surface area contributed by atoms with E-state index in [-0.39, 0.29) is 6.42 Å². The van der Waals surface area contributed by atoms with Crippen molar-refractivity contribution in [2.24, 2.45) is 0 Å². The molecule has 0 radical (unpaired) electrons. The SMILES string of the molecule is CCCCCCCCCCC/C=C/C(O)C(CS(=O)(=O)O)NC(=O)C(O)CCCCCCCC/C=C\CCCCCCCCCCCCCC. The number of allylic oxidation sites excluding steroid dienone is 3. The molecule has 0 rings (SSSR count). The minimum atomic E-state index is -4.44. The fourth-order valence-electron chi connectivity index (χ4n) is 6.45. The van der Waals surface area contributed by atoms with Crippen molar-refractivity contribution in [2.75, 3.05) is 5.75 Å². The van der Waals surface area contributed by atoms with Crippen LogP contribution in [0.25, 0.3) is 0 Å². The van der Waals surface area contributed by atoms with Gasteiger partial charge in [-0.3, -0.25) is 9.35 Å². The summed E-state index contributed by atoms with van der Waals surface area (Å²) in [6.07, 6.45) is 42.4. The molecule has 0 spiro atoms. The quantitative estimate of drug-likeness (QED) is 0.0285. The topological polar surface area (TPSA) is 124 Å². The van der Waals surface area contributed by atoms with Crippen LogP contribution in [0.4, 0.5) is 0 Å². The van der Waals surface area contributed by atoms with Crippen molar-refractivity contribution in [3.63, 3.8) is 0 Å². The summed E-state index contributed by atoms with van der Waals surface area (Å²) >= 11 is 0. The van der Waals surface area contributed by atoms with E-state index < -0.39 is 40.0 Å². The van der Waals surface area contributed by atoms with E-state index in [4.69, 9.17) is 0 Å². The summed E-state index contributed by atoms with van der Waals surface area (Å²) in [6, 6.07) is -1.23. The molecule has 0 bridgehead atoms. The number of hydrogen-bond donors (Lipinski definition) is 4. The summed E-state index contributed by atoms with van der Waals surface area (Å²) in [5.74, 6) is -1.54. The Morgan fingerprint density at radius 2 is 0.880 bits per heavy atom. The zero-order chi connectivity index (χ0) is 37.0. The van der Waals surface area contributed by atoms with Gasteiger partial charge in [-0.25, -0.2) is 0 Å². The minimum absolute atomic E-state index is 0.275. The van der Waals surface area contributed by atoms with E-state index in [1.165, 1.54) is 147 Å². The summed E-state index contributed by atoms with van der Waals surface area (Å²) in [7, 11) is -4.44. The van der Waals surface area contributed by atoms with Gasteiger partial charge in [-0.2, -0.15) is 8.42 Å². The Labute approximate surface area is 309 Å². The lowest BCUT2D eigenvalue weighted by atomic mass is 10.0. The van der Waals surface area contributed by atoms with Gasteiger partial charge >= 0.3 is 0 Å². The molecule has 0 saturated heterocycles. The first kappa shape index (κ1) is 48.8. The molecular weight excluding hydrogens is 647 g/mol. The van der Waals surface area contributed by atoms with Crippen LogP contribution in [0, 0.1) is 0 Å². The molecule has 296 valence electrons. The molecule has 0 aromatic carbocycles. The maximum absolute atomic E-state index is 12.6. The molecule has 0 aliphatic carbocycles. The van der Waals surface area contributed by atoms with Gasteiger partial charge in [0.15, 0.2) is 0 Å². The Balaban J connectivity index is 3.94. The smallest absolute Gasteiger partial charge is 0.267 e. The first-order valence-corrected chi connectivity index (χ1v) is 22.8. The zero-order valence-corrected chi connectivity index (χ0v) is 33.5. The number of aliphatic hydroxyl groups excluding tert-OH is 2. The molecule has 0 saturated carbocycles. The van der Waals surface area contributed by atoms with Crippen LogP contribution in [0.15, 0.2) is 24.3 Å². The Kier molecular flexibility index (Phi) is 35.3. The van der Waals surface area contributed by atoms with Crippen LogP contribution in [0.5, 0.6) is 0 Å². The Hall–Kier alpha value is -1.22. The third kappa shape index (κ3) is 35.2. The van der Waals surface area contributed by atoms with E-state index in [9.17, 15) is 28.0 Å². The van der Waals surface area contributed by atoms with Crippen LogP contribution in [-0.2, 0) is 14.9 Å². The fraction of sp³-hybridized carbons (Fsp3) is 0.881. The molecule has 0 aromatic rings. The molecule has 0 heterocycles. The average Bonchev–Trinajstić information content (AvgIpc) is 3.08. The van der Waals surface area contributed by atoms with Crippen molar-refractivity contribution in [1.29, 1.82) is 0 Å². The van der Waals surface area contributed by atoms with Gasteiger partial charge in [-0.05, 0) is 44.9 Å². The second-order valence-electron chi connectivity index (χ2n) is 14.8. The van der Waals surface area contributed by atoms with Gasteiger partial charge in [0.1, 0.15) is 6.10 Å². The molecular formula is C42H81NO6S. The molecule has 0 aliphatic heterocycles. The van der Waals surface area contributed by atoms with Crippen LogP contribution in [0.3, 0.4) is 0 Å². The van der Waals surface area contributed by atoms with Gasteiger partial charge in [0.25, 0.3) is 10.1 Å². The molecule has 4 N–H and O–H groups in total. The maximum atomic E-state index is 12.6. The lowest BCUT2D eigenvalue weighted by Gasteiger charge is -2.22. The Morgan fingerprint density at radius 3 is 1.26 bits per heavy atom. The van der Waals surface area contributed by atoms with Crippen molar-refractivity contribution in [3.8, 4) is 0 Å². The fourth-order valence-corrected chi connectivity index (χ4v) is 7.19. The third-order valence-corrected chi connectivity index (χ3v) is 10.5. The summed E-state index contributed by atoms with van der Waals surface area (Å²) in [4.78, 5) is 12.6. The summed E-state index contributed by atoms with van der Waals surface area (Å²) in [5, 5.41) is 23.3. The minimum Gasteiger partial charge on any atom is -0.387 e. The van der Waals surface area contributed by atoms with Crippen molar-refractivity contribution < 1.29 is 28.0 Å². The van der Waals surface area contributed by atoms with Gasteiger partial charge in [0.05, 0.1) is 17.9 Å². The molecule has 3 unspecified atom stereocenters. The van der Waals surface area contributed by atoms with Gasteiger partial charge < -0.3 is 15.5 Å². The zero-order valence-electron chi connectivity index (χ0n) is 32.6. The first-order chi connectivity index (χ1) is 24.2. The maximum Gasteiger partial charge on any atom is 0.267 e. The lowest BCUT2D eigenvalue weighted by Crippen LogP contribution is -2.50. The highest BCUT2D eigenvalue weighted by molar-refractivity contribution is 7.85. The van der Waals surface area contributed by atoms with Gasteiger partial charge in [0, 0.05) is 0 Å². The number of unbranched alkanes of at least 4 members (excludes halogenated alkanes) is 27. The van der Waals surface area contributed by atoms with Gasteiger partial charge in [-0.15, -0.1) is 0 Å². The van der Waals surface area contributed by atoms with E-state index in [0.717, 1.165) is 44.9 Å². The normalized spacial score (nSPS) is 14.1. The highest BCUT2D eigenvalue weighted by atomic mass is 32.2. The molecule has 3 atom stereocenters. The number of amides is 1. The molecule has 8 heteroatoms. The third-order valence-electron chi connectivity index (χ3n) is 9.73. The Bertz CT molecular complexity index is 906. The molecule has 50 heavy (non-hydrogen) atoms. The summed E-state index contributed by atoms with van der Waals surface area (Å²) in [5.41, 5.74) is 0. The second-order valence-corrected chi connectivity index (χ2v) is 16.3. The summed E-state index contributed by atoms with van der Waals surface area (Å²) in [6.45, 7) is 4.49. The standard InChI is InChI=1S/C42H81NO6S/c1-3-5-7-9-11-13-15-16-17-18-19-20-21-22-23-24-25-27-29-31-33-35-37-41(45)42(46)43-39(38-50(47,48)49)40(44)36-34-32-30-28-26-14-12-10-8-6-4-2/h22-23,34,36,39-41,44-45H,3-21,24-33,35,37-38H2,1-2H3,(H,43,46)(H,47,48,49)/b23-22-,36-34+. The number of hydrogen-bond acceptors (Lipinski definition) is 5.